The molecule has 0 unspecified atom stereocenters. The normalized spacial score (nSPS) is 14.8. The standard InChI is InChI=1S/C11H18O3.C8H16.C7H14O.2CH4/c1-7(2)11(8(3)4)5-9(12)14-10(13)6-11;1-6(2)8(5)7(3)4;1-5(2)7(8)6(3)4;;/h7-8H,5-6H2,1-4H3;6-7H,5H2,1-4H3;5-6H,1-4H3;2*1H4. The van der Waals surface area contributed by atoms with Gasteiger partial charge in [-0.2, -0.15) is 0 Å². The van der Waals surface area contributed by atoms with E-state index in [0.29, 0.717) is 42.3 Å². The van der Waals surface area contributed by atoms with Gasteiger partial charge in [-0.25, -0.2) is 0 Å². The average Bonchev–Trinajstić information content (AvgIpc) is 2.59. The molecule has 0 atom stereocenters. The molecule has 0 amide bonds. The second kappa shape index (κ2) is 17.1. The van der Waals surface area contributed by atoms with Crippen molar-refractivity contribution in [1.82, 2.24) is 0 Å². The van der Waals surface area contributed by atoms with E-state index in [1.807, 2.05) is 27.7 Å². The highest BCUT2D eigenvalue weighted by Gasteiger charge is 2.45. The van der Waals surface area contributed by atoms with Gasteiger partial charge in [0.25, 0.3) is 0 Å². The maximum absolute atomic E-state index is 11.3. The number of carbonyl (C=O) groups is 3. The number of rotatable bonds is 6. The third-order valence-corrected chi connectivity index (χ3v) is 6.10. The van der Waals surface area contributed by atoms with Crippen molar-refractivity contribution in [3.05, 3.63) is 12.2 Å². The van der Waals surface area contributed by atoms with Crippen LogP contribution in [0, 0.1) is 40.9 Å². The molecule has 0 bridgehead atoms. The maximum atomic E-state index is 11.3. The minimum atomic E-state index is -0.372. The minimum Gasteiger partial charge on any atom is -0.393 e. The molecule has 0 saturated carbocycles. The monoisotopic (exact) mass is 456 g/mol. The fourth-order valence-corrected chi connectivity index (χ4v) is 3.62. The lowest BCUT2D eigenvalue weighted by Crippen LogP contribution is -2.43. The summed E-state index contributed by atoms with van der Waals surface area (Å²) in [7, 11) is 0. The molecule has 0 aromatic carbocycles. The van der Waals surface area contributed by atoms with Crippen LogP contribution in [0.3, 0.4) is 0 Å². The Kier molecular flexibility index (Phi) is 20.2. The second-order valence-corrected chi connectivity index (χ2v) is 10.3. The summed E-state index contributed by atoms with van der Waals surface area (Å²) in [6, 6.07) is 0. The van der Waals surface area contributed by atoms with Crippen LogP contribution in [0.4, 0.5) is 0 Å². The van der Waals surface area contributed by atoms with Gasteiger partial charge < -0.3 is 4.74 Å². The zero-order valence-corrected chi connectivity index (χ0v) is 21.7. The lowest BCUT2D eigenvalue weighted by molar-refractivity contribution is -0.173. The van der Waals surface area contributed by atoms with E-state index in [9.17, 15) is 14.4 Å². The van der Waals surface area contributed by atoms with Gasteiger partial charge in [-0.3, -0.25) is 14.4 Å². The summed E-state index contributed by atoms with van der Waals surface area (Å²) < 4.78 is 4.56. The molecule has 1 rings (SSSR count). The molecule has 1 heterocycles. The van der Waals surface area contributed by atoms with Gasteiger partial charge in [-0.15, -0.1) is 0 Å². The summed E-state index contributed by atoms with van der Waals surface area (Å²) >= 11 is 0. The van der Waals surface area contributed by atoms with E-state index in [1.165, 1.54) is 5.57 Å². The molecule has 0 N–H and O–H groups in total. The van der Waals surface area contributed by atoms with Crippen LogP contribution in [0.15, 0.2) is 12.2 Å². The zero-order valence-electron chi connectivity index (χ0n) is 21.7. The van der Waals surface area contributed by atoms with Crippen LogP contribution in [-0.2, 0) is 19.1 Å². The maximum Gasteiger partial charge on any atom is 0.314 e. The van der Waals surface area contributed by atoms with Crippen molar-refractivity contribution >= 4 is 17.7 Å². The van der Waals surface area contributed by atoms with Crippen LogP contribution in [-0.4, -0.2) is 17.7 Å². The lowest BCUT2D eigenvalue weighted by atomic mass is 9.64. The highest BCUT2D eigenvalue weighted by atomic mass is 16.6. The molecular formula is C28H56O4. The fourth-order valence-electron chi connectivity index (χ4n) is 3.62. The highest BCUT2D eigenvalue weighted by Crippen LogP contribution is 2.45. The Morgan fingerprint density at radius 2 is 0.969 bits per heavy atom. The van der Waals surface area contributed by atoms with Gasteiger partial charge in [-0.1, -0.05) is 110 Å². The van der Waals surface area contributed by atoms with Gasteiger partial charge >= 0.3 is 11.9 Å². The summed E-state index contributed by atoms with van der Waals surface area (Å²) in [6.45, 7) is 28.7. The first-order valence-corrected chi connectivity index (χ1v) is 11.4. The summed E-state index contributed by atoms with van der Waals surface area (Å²) in [5.74, 6) is 1.95. The lowest BCUT2D eigenvalue weighted by Gasteiger charge is -2.42. The number of hydrogen-bond acceptors (Lipinski definition) is 4. The third kappa shape index (κ3) is 13.2. The number of carbonyl (C=O) groups excluding carboxylic acids is 3. The van der Waals surface area contributed by atoms with Crippen molar-refractivity contribution in [3.8, 4) is 0 Å². The average molecular weight is 457 g/mol. The van der Waals surface area contributed by atoms with Gasteiger partial charge in [0, 0.05) is 11.8 Å². The van der Waals surface area contributed by atoms with Crippen molar-refractivity contribution in [3.63, 3.8) is 0 Å². The molecule has 4 nitrogen and oxygen atoms in total. The number of ketones is 1. The van der Waals surface area contributed by atoms with E-state index >= 15 is 0 Å². The molecule has 1 aliphatic rings. The van der Waals surface area contributed by atoms with E-state index in [1.54, 1.807) is 0 Å². The highest BCUT2D eigenvalue weighted by molar-refractivity contribution is 5.89. The Morgan fingerprint density at radius 3 is 1.09 bits per heavy atom. The van der Waals surface area contributed by atoms with Crippen molar-refractivity contribution in [2.24, 2.45) is 40.9 Å². The van der Waals surface area contributed by atoms with Gasteiger partial charge in [0.15, 0.2) is 0 Å². The van der Waals surface area contributed by atoms with Gasteiger partial charge in [0.05, 0.1) is 12.8 Å². The molecule has 0 aliphatic carbocycles. The van der Waals surface area contributed by atoms with Crippen LogP contribution in [0.25, 0.3) is 0 Å². The van der Waals surface area contributed by atoms with Crippen LogP contribution < -0.4 is 0 Å². The Hall–Kier alpha value is -1.45. The molecule has 0 aromatic rings. The summed E-state index contributed by atoms with van der Waals surface area (Å²) in [5, 5.41) is 0. The molecule has 0 radical (unpaired) electrons. The molecule has 192 valence electrons. The van der Waals surface area contributed by atoms with Crippen LogP contribution in [0.2, 0.25) is 0 Å². The van der Waals surface area contributed by atoms with Crippen molar-refractivity contribution in [2.45, 2.75) is 111 Å². The number of hydrogen-bond donors (Lipinski definition) is 0. The predicted molar refractivity (Wildman–Crippen MR) is 139 cm³/mol. The third-order valence-electron chi connectivity index (χ3n) is 6.10. The van der Waals surface area contributed by atoms with Crippen molar-refractivity contribution in [1.29, 1.82) is 0 Å². The van der Waals surface area contributed by atoms with Gasteiger partial charge in [-0.05, 0) is 29.1 Å². The summed E-state index contributed by atoms with van der Waals surface area (Å²) in [6.07, 6.45) is 0.738. The van der Waals surface area contributed by atoms with Crippen LogP contribution >= 0.6 is 0 Å². The molecule has 32 heavy (non-hydrogen) atoms. The van der Waals surface area contributed by atoms with E-state index in [4.69, 9.17) is 0 Å². The Bertz CT molecular complexity index is 496. The topological polar surface area (TPSA) is 60.4 Å². The largest absolute Gasteiger partial charge is 0.393 e. The Balaban J connectivity index is -0.000000191. The molecule has 1 saturated heterocycles. The van der Waals surface area contributed by atoms with Crippen molar-refractivity contribution in [2.75, 3.05) is 0 Å². The molecule has 0 spiro atoms. The first kappa shape index (κ1) is 37.8. The molecule has 4 heteroatoms. The number of ether oxygens (including phenoxy) is 1. The molecule has 0 aromatic heterocycles. The van der Waals surface area contributed by atoms with Gasteiger partial charge in [0.2, 0.25) is 0 Å². The second-order valence-electron chi connectivity index (χ2n) is 10.3. The van der Waals surface area contributed by atoms with Crippen LogP contribution in [0.1, 0.15) is 111 Å². The zero-order chi connectivity index (χ0) is 24.4. The predicted octanol–water partition coefficient (Wildman–Crippen LogP) is 8.14. The summed E-state index contributed by atoms with van der Waals surface area (Å²) in [4.78, 5) is 33.4. The van der Waals surface area contributed by atoms with Gasteiger partial charge in [0.1, 0.15) is 5.78 Å². The fraction of sp³-hybridized carbons (Fsp3) is 0.821. The minimum absolute atomic E-state index is 0. The number of allylic oxidation sites excluding steroid dienone is 1. The SMILES string of the molecule is C.C.C=C(C(C)C)C(C)C.CC(C)C(=O)C(C)C.CC(C)C1(C(C)C)CC(=O)OC(=O)C1. The molecule has 1 aliphatic heterocycles. The summed E-state index contributed by atoms with van der Waals surface area (Å²) in [5.41, 5.74) is 1.15. The van der Waals surface area contributed by atoms with E-state index in [-0.39, 0.29) is 44.0 Å². The molecular weight excluding hydrogens is 400 g/mol. The number of esters is 2. The smallest absolute Gasteiger partial charge is 0.314 e. The van der Waals surface area contributed by atoms with Crippen LogP contribution in [0.5, 0.6) is 0 Å². The first-order valence-electron chi connectivity index (χ1n) is 11.4. The quantitative estimate of drug-likeness (QED) is 0.230. The number of Topliss-reactive ketones (excluding diaryl/α,β-unsaturated/α-hetero) is 1. The Labute approximate surface area is 201 Å². The Morgan fingerprint density at radius 1 is 0.688 bits per heavy atom. The first-order chi connectivity index (χ1) is 13.5. The molecule has 1 fully saturated rings. The van der Waals surface area contributed by atoms with E-state index in [0.717, 1.165) is 0 Å². The number of cyclic esters (lactones) is 2. The van der Waals surface area contributed by atoms with E-state index in [2.05, 4.69) is 66.7 Å². The van der Waals surface area contributed by atoms with E-state index < -0.39 is 0 Å². The van der Waals surface area contributed by atoms with Crippen molar-refractivity contribution < 1.29 is 19.1 Å².